The third kappa shape index (κ3) is 2.45. The fourth-order valence-electron chi connectivity index (χ4n) is 3.43. The number of aliphatic hydroxyl groups excluding tert-OH is 1. The first-order chi connectivity index (χ1) is 11.8. The van der Waals surface area contributed by atoms with Crippen LogP contribution in [0.1, 0.15) is 37.5 Å². The van der Waals surface area contributed by atoms with Gasteiger partial charge in [0.25, 0.3) is 0 Å². The Morgan fingerprint density at radius 1 is 1.44 bits per heavy atom. The number of hydrogen-bond donors (Lipinski definition) is 1. The summed E-state index contributed by atoms with van der Waals surface area (Å²) in [6.07, 6.45) is -0.944. The van der Waals surface area contributed by atoms with Crippen LogP contribution >= 0.6 is 0 Å². The number of rotatable bonds is 1. The van der Waals surface area contributed by atoms with E-state index in [4.69, 9.17) is 14.7 Å². The van der Waals surface area contributed by atoms with E-state index in [1.807, 2.05) is 0 Å². The standard InChI is InChI=1S/C18H19N3O4/c1-18(2)15(22)14(12-6-9(8-19)4-5-13(12)25-18)24-16-10-7-11(10)17(23)21(3)20-16/h4-6,10-11,14-15,22H,7H2,1-3H3/t10-,11-,14-,15+/m1/s1. The summed E-state index contributed by atoms with van der Waals surface area (Å²) in [6.45, 7) is 3.57. The average molecular weight is 341 g/mol. The molecule has 1 aliphatic carbocycles. The van der Waals surface area contributed by atoms with Crippen molar-refractivity contribution < 1.29 is 19.4 Å². The highest BCUT2D eigenvalue weighted by Gasteiger charge is 2.54. The van der Waals surface area contributed by atoms with Gasteiger partial charge in [0.15, 0.2) is 6.10 Å². The van der Waals surface area contributed by atoms with Crippen LogP contribution in [0.4, 0.5) is 0 Å². The normalized spacial score (nSPS) is 31.9. The molecule has 3 aliphatic rings. The molecule has 4 atom stereocenters. The summed E-state index contributed by atoms with van der Waals surface area (Å²) < 4.78 is 12.0. The van der Waals surface area contributed by atoms with E-state index >= 15 is 0 Å². The van der Waals surface area contributed by atoms with Gasteiger partial charge in [0.2, 0.25) is 11.8 Å². The number of fused-ring (bicyclic) bond motifs is 2. The largest absolute Gasteiger partial charge is 0.485 e. The number of carbonyl (C=O) groups excluding carboxylic acids is 1. The molecule has 2 aliphatic heterocycles. The van der Waals surface area contributed by atoms with Gasteiger partial charge in [0.1, 0.15) is 17.5 Å². The number of hydrogen-bond acceptors (Lipinski definition) is 6. The molecule has 1 fully saturated rings. The number of nitriles is 1. The highest BCUT2D eigenvalue weighted by Crippen LogP contribution is 2.48. The second kappa shape index (κ2) is 5.20. The molecule has 7 heteroatoms. The third-order valence-electron chi connectivity index (χ3n) is 5.06. The number of nitrogens with zero attached hydrogens (tertiary/aromatic N) is 3. The number of hydrazone groups is 1. The van der Waals surface area contributed by atoms with Gasteiger partial charge < -0.3 is 14.6 Å². The SMILES string of the molecule is CN1N=C(O[C@@H]2c3cc(C#N)ccc3OC(C)(C)[C@H]2O)[C@@H]2C[C@H]2C1=O. The monoisotopic (exact) mass is 341 g/mol. The van der Waals surface area contributed by atoms with E-state index in [9.17, 15) is 9.90 Å². The zero-order valence-corrected chi connectivity index (χ0v) is 14.3. The predicted molar refractivity (Wildman–Crippen MR) is 87.5 cm³/mol. The molecule has 4 rings (SSSR count). The maximum atomic E-state index is 11.9. The minimum Gasteiger partial charge on any atom is -0.485 e. The summed E-state index contributed by atoms with van der Waals surface area (Å²) in [5, 5.41) is 25.5. The van der Waals surface area contributed by atoms with Crippen molar-refractivity contribution in [3.05, 3.63) is 29.3 Å². The molecule has 0 saturated heterocycles. The molecule has 1 aromatic carbocycles. The first kappa shape index (κ1) is 15.9. The van der Waals surface area contributed by atoms with Crippen LogP contribution in [0, 0.1) is 23.2 Å². The van der Waals surface area contributed by atoms with E-state index in [0.717, 1.165) is 6.42 Å². The van der Waals surface area contributed by atoms with Crippen LogP contribution in [-0.4, -0.2) is 40.7 Å². The van der Waals surface area contributed by atoms with Crippen LogP contribution in [0.5, 0.6) is 5.75 Å². The van der Waals surface area contributed by atoms with Crippen LogP contribution < -0.4 is 4.74 Å². The zero-order valence-electron chi connectivity index (χ0n) is 14.3. The molecular formula is C18H19N3O4. The van der Waals surface area contributed by atoms with Gasteiger partial charge >= 0.3 is 0 Å². The Hall–Kier alpha value is -2.59. The average Bonchev–Trinajstić information content (AvgIpc) is 3.37. The molecule has 1 amide bonds. The Morgan fingerprint density at radius 3 is 2.92 bits per heavy atom. The summed E-state index contributed by atoms with van der Waals surface area (Å²) in [5.41, 5.74) is 0.224. The van der Waals surface area contributed by atoms with Crippen molar-refractivity contribution in [2.75, 3.05) is 7.05 Å². The van der Waals surface area contributed by atoms with Crippen molar-refractivity contribution in [2.24, 2.45) is 16.9 Å². The lowest BCUT2D eigenvalue weighted by Gasteiger charge is -2.42. The van der Waals surface area contributed by atoms with Gasteiger partial charge in [-0.25, -0.2) is 5.01 Å². The number of ether oxygens (including phenoxy) is 2. The van der Waals surface area contributed by atoms with E-state index in [1.54, 1.807) is 39.1 Å². The fourth-order valence-corrected chi connectivity index (χ4v) is 3.43. The van der Waals surface area contributed by atoms with Gasteiger partial charge in [-0.1, -0.05) is 0 Å². The lowest BCUT2D eigenvalue weighted by molar-refractivity contribution is -0.133. The summed E-state index contributed by atoms with van der Waals surface area (Å²) >= 11 is 0. The Morgan fingerprint density at radius 2 is 2.20 bits per heavy atom. The van der Waals surface area contributed by atoms with Crippen LogP contribution in [-0.2, 0) is 9.53 Å². The smallest absolute Gasteiger partial charge is 0.246 e. The molecule has 25 heavy (non-hydrogen) atoms. The maximum Gasteiger partial charge on any atom is 0.246 e. The molecule has 1 saturated carbocycles. The highest BCUT2D eigenvalue weighted by atomic mass is 16.5. The molecule has 0 aromatic heterocycles. The van der Waals surface area contributed by atoms with Crippen molar-refractivity contribution in [1.82, 2.24) is 5.01 Å². The van der Waals surface area contributed by atoms with Crippen molar-refractivity contribution in [1.29, 1.82) is 5.26 Å². The fraction of sp³-hybridized carbons (Fsp3) is 0.500. The highest BCUT2D eigenvalue weighted by molar-refractivity contribution is 5.96. The Labute approximate surface area is 145 Å². The van der Waals surface area contributed by atoms with Crippen LogP contribution in [0.15, 0.2) is 23.3 Å². The van der Waals surface area contributed by atoms with Crippen LogP contribution in [0.25, 0.3) is 0 Å². The molecule has 0 unspecified atom stereocenters. The Balaban J connectivity index is 1.72. The quantitative estimate of drug-likeness (QED) is 0.836. The predicted octanol–water partition coefficient (Wildman–Crippen LogP) is 1.57. The number of amides is 1. The summed E-state index contributed by atoms with van der Waals surface area (Å²) in [4.78, 5) is 11.9. The van der Waals surface area contributed by atoms with Gasteiger partial charge in [-0.05, 0) is 38.5 Å². The van der Waals surface area contributed by atoms with Gasteiger partial charge in [0, 0.05) is 18.5 Å². The van der Waals surface area contributed by atoms with E-state index in [-0.39, 0.29) is 17.7 Å². The second-order valence-electron chi connectivity index (χ2n) is 7.30. The minimum atomic E-state index is -0.947. The van der Waals surface area contributed by atoms with Crippen molar-refractivity contribution >= 4 is 11.8 Å². The van der Waals surface area contributed by atoms with Gasteiger partial charge in [-0.2, -0.15) is 5.26 Å². The number of aliphatic hydroxyl groups is 1. The van der Waals surface area contributed by atoms with E-state index in [0.29, 0.717) is 22.8 Å². The van der Waals surface area contributed by atoms with Gasteiger partial charge in [-0.3, -0.25) is 4.79 Å². The lowest BCUT2D eigenvalue weighted by Crippen LogP contribution is -2.50. The number of carbonyl (C=O) groups is 1. The van der Waals surface area contributed by atoms with E-state index in [2.05, 4.69) is 11.2 Å². The van der Waals surface area contributed by atoms with Gasteiger partial charge in [-0.15, -0.1) is 5.10 Å². The molecular weight excluding hydrogens is 322 g/mol. The molecule has 0 radical (unpaired) electrons. The topological polar surface area (TPSA) is 95.2 Å². The minimum absolute atomic E-state index is 0.00243. The molecule has 0 spiro atoms. The Bertz CT molecular complexity index is 826. The first-order valence-corrected chi connectivity index (χ1v) is 8.25. The summed E-state index contributed by atoms with van der Waals surface area (Å²) in [6, 6.07) is 7.15. The summed E-state index contributed by atoms with van der Waals surface area (Å²) in [7, 11) is 1.60. The van der Waals surface area contributed by atoms with Gasteiger partial charge in [0.05, 0.1) is 17.6 Å². The van der Waals surface area contributed by atoms with Crippen molar-refractivity contribution in [2.45, 2.75) is 38.1 Å². The molecule has 7 nitrogen and oxygen atoms in total. The molecule has 2 heterocycles. The molecule has 130 valence electrons. The first-order valence-electron chi connectivity index (χ1n) is 8.25. The third-order valence-corrected chi connectivity index (χ3v) is 5.06. The molecule has 1 aromatic rings. The van der Waals surface area contributed by atoms with E-state index in [1.165, 1.54) is 5.01 Å². The van der Waals surface area contributed by atoms with Crippen molar-refractivity contribution in [3.8, 4) is 11.8 Å². The van der Waals surface area contributed by atoms with Crippen LogP contribution in [0.3, 0.4) is 0 Å². The number of benzene rings is 1. The maximum absolute atomic E-state index is 11.9. The molecule has 1 N–H and O–H groups in total. The second-order valence-corrected chi connectivity index (χ2v) is 7.30. The molecule has 0 bridgehead atoms. The zero-order chi connectivity index (χ0) is 17.9. The van der Waals surface area contributed by atoms with Crippen molar-refractivity contribution in [3.63, 3.8) is 0 Å². The van der Waals surface area contributed by atoms with Crippen LogP contribution in [0.2, 0.25) is 0 Å². The lowest BCUT2D eigenvalue weighted by atomic mass is 9.87. The Kier molecular flexibility index (Phi) is 3.31. The summed E-state index contributed by atoms with van der Waals surface area (Å²) in [5.74, 6) is 0.934. The van der Waals surface area contributed by atoms with E-state index < -0.39 is 17.8 Å².